The fraction of sp³-hybridized carbons (Fsp3) is 0.625. The van der Waals surface area contributed by atoms with Gasteiger partial charge in [-0.15, -0.1) is 0 Å². The smallest absolute Gasteiger partial charge is 0.129 e. The molecular weight excluding hydrogens is 253 g/mol. The van der Waals surface area contributed by atoms with Crippen molar-refractivity contribution in [1.82, 2.24) is 10.2 Å². The Morgan fingerprint density at radius 1 is 1.30 bits per heavy atom. The van der Waals surface area contributed by atoms with Gasteiger partial charge >= 0.3 is 0 Å². The van der Waals surface area contributed by atoms with Gasteiger partial charge in [-0.2, -0.15) is 0 Å². The molecule has 0 saturated carbocycles. The monoisotopic (exact) mass is 277 g/mol. The minimum absolute atomic E-state index is 0.0858. The molecule has 20 heavy (non-hydrogen) atoms. The van der Waals surface area contributed by atoms with E-state index in [1.54, 1.807) is 6.07 Å². The lowest BCUT2D eigenvalue weighted by Gasteiger charge is -2.39. The van der Waals surface area contributed by atoms with E-state index in [-0.39, 0.29) is 5.82 Å². The van der Waals surface area contributed by atoms with Crippen molar-refractivity contribution in [2.45, 2.75) is 32.4 Å². The number of hydrogen-bond acceptors (Lipinski definition) is 3. The Morgan fingerprint density at radius 3 is 3.05 bits per heavy atom. The molecule has 2 aliphatic rings. The first-order valence-corrected chi connectivity index (χ1v) is 7.76. The number of nitrogens with one attached hydrogen (secondary N) is 1. The van der Waals surface area contributed by atoms with Crippen LogP contribution in [0.25, 0.3) is 0 Å². The van der Waals surface area contributed by atoms with Gasteiger partial charge in [0.1, 0.15) is 5.82 Å². The molecule has 1 aromatic rings. The van der Waals surface area contributed by atoms with E-state index in [2.05, 4.69) is 28.1 Å². The first-order chi connectivity index (χ1) is 9.79. The minimum Gasteiger partial charge on any atom is -0.368 e. The van der Waals surface area contributed by atoms with Crippen LogP contribution < -0.4 is 10.2 Å². The van der Waals surface area contributed by atoms with Gasteiger partial charge in [0, 0.05) is 43.5 Å². The standard InChI is InChI=1S/C16H24FN3/c1-2-18-11-14-15(17)6-3-7-16(14)20-10-9-19-8-4-5-13(19)12-20/h3,6-7,13,18H,2,4-5,8-12H2,1H3. The molecule has 0 spiro atoms. The van der Waals surface area contributed by atoms with Gasteiger partial charge < -0.3 is 10.2 Å². The summed E-state index contributed by atoms with van der Waals surface area (Å²) in [5.74, 6) is -0.0858. The number of anilines is 1. The molecule has 2 saturated heterocycles. The average molecular weight is 277 g/mol. The molecule has 2 aliphatic heterocycles. The van der Waals surface area contributed by atoms with Crippen molar-refractivity contribution in [2.75, 3.05) is 37.6 Å². The lowest BCUT2D eigenvalue weighted by Crippen LogP contribution is -2.50. The summed E-state index contributed by atoms with van der Waals surface area (Å²) < 4.78 is 14.1. The van der Waals surface area contributed by atoms with E-state index in [1.165, 1.54) is 19.4 Å². The van der Waals surface area contributed by atoms with E-state index in [0.29, 0.717) is 12.6 Å². The molecule has 3 nitrogen and oxygen atoms in total. The summed E-state index contributed by atoms with van der Waals surface area (Å²) in [7, 11) is 0. The van der Waals surface area contributed by atoms with Gasteiger partial charge in [-0.05, 0) is 38.1 Å². The summed E-state index contributed by atoms with van der Waals surface area (Å²) in [5.41, 5.74) is 1.90. The molecular formula is C16H24FN3. The van der Waals surface area contributed by atoms with Crippen molar-refractivity contribution < 1.29 is 4.39 Å². The second kappa shape index (κ2) is 6.10. The Kier molecular flexibility index (Phi) is 4.22. The van der Waals surface area contributed by atoms with Gasteiger partial charge in [-0.25, -0.2) is 4.39 Å². The van der Waals surface area contributed by atoms with Crippen molar-refractivity contribution in [1.29, 1.82) is 0 Å². The highest BCUT2D eigenvalue weighted by Gasteiger charge is 2.31. The average Bonchev–Trinajstić information content (AvgIpc) is 2.93. The maximum absolute atomic E-state index is 14.1. The number of benzene rings is 1. The summed E-state index contributed by atoms with van der Waals surface area (Å²) in [5, 5.41) is 3.25. The zero-order valence-corrected chi connectivity index (χ0v) is 12.2. The summed E-state index contributed by atoms with van der Waals surface area (Å²) in [6.45, 7) is 7.95. The summed E-state index contributed by atoms with van der Waals surface area (Å²) in [4.78, 5) is 4.96. The van der Waals surface area contributed by atoms with Crippen molar-refractivity contribution >= 4 is 5.69 Å². The van der Waals surface area contributed by atoms with Crippen LogP contribution in [0.2, 0.25) is 0 Å². The number of halogens is 1. The fourth-order valence-corrected chi connectivity index (χ4v) is 3.48. The van der Waals surface area contributed by atoms with Gasteiger partial charge in [0.25, 0.3) is 0 Å². The molecule has 2 heterocycles. The maximum atomic E-state index is 14.1. The molecule has 0 bridgehead atoms. The Balaban J connectivity index is 1.80. The van der Waals surface area contributed by atoms with Crippen LogP contribution in [0.1, 0.15) is 25.3 Å². The first-order valence-electron chi connectivity index (χ1n) is 7.76. The lowest BCUT2D eigenvalue weighted by atomic mass is 10.1. The van der Waals surface area contributed by atoms with Crippen LogP contribution in [-0.4, -0.2) is 43.7 Å². The minimum atomic E-state index is -0.0858. The Labute approximate surface area is 120 Å². The topological polar surface area (TPSA) is 18.5 Å². The zero-order valence-electron chi connectivity index (χ0n) is 12.2. The normalized spacial score (nSPS) is 23.1. The van der Waals surface area contributed by atoms with Gasteiger partial charge in [0.15, 0.2) is 0 Å². The molecule has 0 radical (unpaired) electrons. The highest BCUT2D eigenvalue weighted by Crippen LogP contribution is 2.29. The van der Waals surface area contributed by atoms with Gasteiger partial charge in [-0.1, -0.05) is 13.0 Å². The first kappa shape index (κ1) is 13.8. The highest BCUT2D eigenvalue weighted by molar-refractivity contribution is 5.55. The van der Waals surface area contributed by atoms with Crippen LogP contribution in [-0.2, 0) is 6.54 Å². The van der Waals surface area contributed by atoms with Crippen LogP contribution in [0.15, 0.2) is 18.2 Å². The molecule has 0 amide bonds. The Morgan fingerprint density at radius 2 is 2.20 bits per heavy atom. The molecule has 1 aromatic carbocycles. The van der Waals surface area contributed by atoms with E-state index in [9.17, 15) is 4.39 Å². The molecule has 3 rings (SSSR count). The second-order valence-electron chi connectivity index (χ2n) is 5.80. The third-order valence-electron chi connectivity index (χ3n) is 4.57. The van der Waals surface area contributed by atoms with Crippen molar-refractivity contribution in [3.63, 3.8) is 0 Å². The lowest BCUT2D eigenvalue weighted by molar-refractivity contribution is 0.230. The van der Waals surface area contributed by atoms with Gasteiger partial charge in [0.05, 0.1) is 0 Å². The predicted molar refractivity (Wildman–Crippen MR) is 80.6 cm³/mol. The molecule has 0 aromatic heterocycles. The Bertz CT molecular complexity index is 463. The highest BCUT2D eigenvalue weighted by atomic mass is 19.1. The van der Waals surface area contributed by atoms with E-state index in [4.69, 9.17) is 0 Å². The van der Waals surface area contributed by atoms with Crippen LogP contribution in [0.5, 0.6) is 0 Å². The SMILES string of the molecule is CCNCc1c(F)cccc1N1CCN2CCCC2C1. The number of hydrogen-bond donors (Lipinski definition) is 1. The molecule has 110 valence electrons. The number of rotatable bonds is 4. The molecule has 1 unspecified atom stereocenters. The van der Waals surface area contributed by atoms with Crippen molar-refractivity contribution in [3.8, 4) is 0 Å². The van der Waals surface area contributed by atoms with Gasteiger partial charge in [-0.3, -0.25) is 4.90 Å². The maximum Gasteiger partial charge on any atom is 0.129 e. The number of fused-ring (bicyclic) bond motifs is 1. The van der Waals surface area contributed by atoms with E-state index in [0.717, 1.165) is 37.4 Å². The van der Waals surface area contributed by atoms with Crippen molar-refractivity contribution in [3.05, 3.63) is 29.6 Å². The summed E-state index contributed by atoms with van der Waals surface area (Å²) in [6, 6.07) is 6.14. The van der Waals surface area contributed by atoms with Crippen molar-refractivity contribution in [2.24, 2.45) is 0 Å². The zero-order chi connectivity index (χ0) is 13.9. The molecule has 1 N–H and O–H groups in total. The summed E-state index contributed by atoms with van der Waals surface area (Å²) >= 11 is 0. The predicted octanol–water partition coefficient (Wildman–Crippen LogP) is 2.22. The van der Waals surface area contributed by atoms with Crippen LogP contribution >= 0.6 is 0 Å². The van der Waals surface area contributed by atoms with Crippen LogP contribution in [0.3, 0.4) is 0 Å². The van der Waals surface area contributed by atoms with Crippen LogP contribution in [0.4, 0.5) is 10.1 Å². The van der Waals surface area contributed by atoms with E-state index >= 15 is 0 Å². The number of nitrogens with zero attached hydrogens (tertiary/aromatic N) is 2. The molecule has 1 atom stereocenters. The van der Waals surface area contributed by atoms with E-state index in [1.807, 2.05) is 6.07 Å². The molecule has 2 fully saturated rings. The largest absolute Gasteiger partial charge is 0.368 e. The second-order valence-corrected chi connectivity index (χ2v) is 5.80. The van der Waals surface area contributed by atoms with Crippen LogP contribution in [0, 0.1) is 5.82 Å². The van der Waals surface area contributed by atoms with E-state index < -0.39 is 0 Å². The molecule has 4 heteroatoms. The fourth-order valence-electron chi connectivity index (χ4n) is 3.48. The quantitative estimate of drug-likeness (QED) is 0.910. The summed E-state index contributed by atoms with van der Waals surface area (Å²) in [6.07, 6.45) is 2.60. The number of piperazine rings is 1. The Hall–Kier alpha value is -1.13. The third kappa shape index (κ3) is 2.67. The molecule has 0 aliphatic carbocycles. The van der Waals surface area contributed by atoms with Gasteiger partial charge in [0.2, 0.25) is 0 Å². The third-order valence-corrected chi connectivity index (χ3v) is 4.57.